The van der Waals surface area contributed by atoms with Gasteiger partial charge in [-0.1, -0.05) is 60.7 Å². The van der Waals surface area contributed by atoms with Gasteiger partial charge in [-0.3, -0.25) is 4.79 Å². The Hall–Kier alpha value is -1.84. The van der Waals surface area contributed by atoms with E-state index in [1.165, 1.54) is 5.56 Å². The Morgan fingerprint density at radius 1 is 1.12 bits per heavy atom. The maximum atomic E-state index is 12.5. The minimum absolute atomic E-state index is 0. The molecule has 0 aromatic heterocycles. The number of hydrogen-bond donors (Lipinski definition) is 1. The molecule has 4 heteroatoms. The highest BCUT2D eigenvalue weighted by atomic mass is 35.5. The molecule has 1 aliphatic carbocycles. The second-order valence-electron chi connectivity index (χ2n) is 6.08. The molecule has 0 aliphatic heterocycles. The number of carbonyl (C=O) groups is 1. The van der Waals surface area contributed by atoms with Gasteiger partial charge in [-0.05, 0) is 36.9 Å². The number of nitrogens with one attached hydrogen (secondary N) is 1. The molecule has 0 bridgehead atoms. The van der Waals surface area contributed by atoms with E-state index in [0.29, 0.717) is 12.5 Å². The molecule has 1 fully saturated rings. The summed E-state index contributed by atoms with van der Waals surface area (Å²) in [6, 6.07) is 20.3. The molecule has 24 heavy (non-hydrogen) atoms. The SMILES string of the molecule is CCOC(=O)[C@@]1(c2ccccc2)CC1CNCc1ccccc1.Cl. The van der Waals surface area contributed by atoms with Crippen LogP contribution >= 0.6 is 12.4 Å². The second kappa shape index (κ2) is 8.32. The van der Waals surface area contributed by atoms with E-state index in [2.05, 4.69) is 17.4 Å². The van der Waals surface area contributed by atoms with Crippen molar-refractivity contribution in [2.24, 2.45) is 5.92 Å². The third-order valence-electron chi connectivity index (χ3n) is 4.60. The highest BCUT2D eigenvalue weighted by Gasteiger charge is 2.61. The van der Waals surface area contributed by atoms with Crippen molar-refractivity contribution in [1.29, 1.82) is 0 Å². The van der Waals surface area contributed by atoms with Gasteiger partial charge in [0.15, 0.2) is 0 Å². The Kier molecular flexibility index (Phi) is 6.41. The van der Waals surface area contributed by atoms with E-state index < -0.39 is 5.41 Å². The molecular formula is C20H24ClNO2. The van der Waals surface area contributed by atoms with Crippen molar-refractivity contribution in [3.8, 4) is 0 Å². The first kappa shape index (κ1) is 18.5. The summed E-state index contributed by atoms with van der Waals surface area (Å²) in [6.07, 6.45) is 0.859. The lowest BCUT2D eigenvalue weighted by molar-refractivity contribution is -0.146. The molecule has 128 valence electrons. The summed E-state index contributed by atoms with van der Waals surface area (Å²) < 4.78 is 5.35. The van der Waals surface area contributed by atoms with Crippen LogP contribution in [0.15, 0.2) is 60.7 Å². The fraction of sp³-hybridized carbons (Fsp3) is 0.350. The Morgan fingerprint density at radius 2 is 1.75 bits per heavy atom. The molecule has 1 N–H and O–H groups in total. The Labute approximate surface area is 149 Å². The molecule has 2 aromatic rings. The lowest BCUT2D eigenvalue weighted by Crippen LogP contribution is -2.29. The zero-order chi connectivity index (χ0) is 16.1. The molecule has 3 nitrogen and oxygen atoms in total. The number of benzene rings is 2. The maximum Gasteiger partial charge on any atom is 0.316 e. The molecule has 0 amide bonds. The van der Waals surface area contributed by atoms with Crippen LogP contribution in [0.4, 0.5) is 0 Å². The maximum absolute atomic E-state index is 12.5. The number of rotatable bonds is 7. The summed E-state index contributed by atoms with van der Waals surface area (Å²) in [7, 11) is 0. The van der Waals surface area contributed by atoms with E-state index >= 15 is 0 Å². The molecule has 2 aromatic carbocycles. The summed E-state index contributed by atoms with van der Waals surface area (Å²) in [4.78, 5) is 12.5. The van der Waals surface area contributed by atoms with E-state index in [-0.39, 0.29) is 18.4 Å². The quantitative estimate of drug-likeness (QED) is 0.777. The summed E-state index contributed by atoms with van der Waals surface area (Å²) in [6.45, 7) is 3.94. The van der Waals surface area contributed by atoms with Crippen molar-refractivity contribution in [1.82, 2.24) is 5.32 Å². The Balaban J connectivity index is 0.00000208. The Morgan fingerprint density at radius 3 is 2.38 bits per heavy atom. The van der Waals surface area contributed by atoms with Gasteiger partial charge >= 0.3 is 5.97 Å². The number of ether oxygens (including phenoxy) is 1. The summed E-state index contributed by atoms with van der Waals surface area (Å²) in [5.41, 5.74) is 1.88. The van der Waals surface area contributed by atoms with Gasteiger partial charge in [0, 0.05) is 6.54 Å². The first-order valence-corrected chi connectivity index (χ1v) is 8.24. The van der Waals surface area contributed by atoms with Gasteiger partial charge in [-0.2, -0.15) is 0 Å². The van der Waals surface area contributed by atoms with Crippen molar-refractivity contribution in [3.63, 3.8) is 0 Å². The van der Waals surface area contributed by atoms with Gasteiger partial charge < -0.3 is 10.1 Å². The van der Waals surface area contributed by atoms with Gasteiger partial charge in [0.2, 0.25) is 0 Å². The van der Waals surface area contributed by atoms with E-state index in [4.69, 9.17) is 4.74 Å². The van der Waals surface area contributed by atoms with Gasteiger partial charge in [0.25, 0.3) is 0 Å². The Bertz CT molecular complexity index is 647. The zero-order valence-corrected chi connectivity index (χ0v) is 14.7. The highest BCUT2D eigenvalue weighted by Crippen LogP contribution is 2.54. The molecule has 0 radical (unpaired) electrons. The van der Waals surface area contributed by atoms with Crippen LogP contribution in [0.2, 0.25) is 0 Å². The number of hydrogen-bond acceptors (Lipinski definition) is 3. The average Bonchev–Trinajstić information content (AvgIpc) is 3.33. The van der Waals surface area contributed by atoms with Crippen LogP contribution in [0.1, 0.15) is 24.5 Å². The normalized spacial score (nSPS) is 21.6. The van der Waals surface area contributed by atoms with Crippen molar-refractivity contribution in [2.75, 3.05) is 13.2 Å². The average molecular weight is 346 g/mol. The minimum Gasteiger partial charge on any atom is -0.465 e. The van der Waals surface area contributed by atoms with Gasteiger partial charge in [0.1, 0.15) is 0 Å². The molecule has 1 saturated carbocycles. The first-order valence-electron chi connectivity index (χ1n) is 8.24. The third kappa shape index (κ3) is 3.80. The van der Waals surface area contributed by atoms with Crippen molar-refractivity contribution < 1.29 is 9.53 Å². The van der Waals surface area contributed by atoms with Gasteiger partial charge in [0.05, 0.1) is 12.0 Å². The summed E-state index contributed by atoms with van der Waals surface area (Å²) in [5.74, 6) is 0.213. The van der Waals surface area contributed by atoms with Crippen LogP contribution in [0, 0.1) is 5.92 Å². The third-order valence-corrected chi connectivity index (χ3v) is 4.60. The molecule has 1 aliphatic rings. The van der Waals surface area contributed by atoms with Crippen LogP contribution < -0.4 is 5.32 Å². The monoisotopic (exact) mass is 345 g/mol. The molecule has 0 saturated heterocycles. The standard InChI is InChI=1S/C20H23NO2.ClH/c1-2-23-19(22)20(17-11-7-4-8-12-17)13-18(20)15-21-14-16-9-5-3-6-10-16;/h3-12,18,21H,2,13-15H2,1H3;1H/t18?,20-;/m1./s1. The highest BCUT2D eigenvalue weighted by molar-refractivity contribution is 5.87. The van der Waals surface area contributed by atoms with E-state index in [1.54, 1.807) is 0 Å². The second-order valence-corrected chi connectivity index (χ2v) is 6.08. The summed E-state index contributed by atoms with van der Waals surface area (Å²) >= 11 is 0. The van der Waals surface area contributed by atoms with Gasteiger partial charge in [-0.25, -0.2) is 0 Å². The van der Waals surface area contributed by atoms with Crippen molar-refractivity contribution >= 4 is 18.4 Å². The lowest BCUT2D eigenvalue weighted by Gasteiger charge is -2.17. The zero-order valence-electron chi connectivity index (χ0n) is 13.9. The lowest BCUT2D eigenvalue weighted by atomic mass is 9.93. The predicted octanol–water partition coefficient (Wildman–Crippen LogP) is 3.72. The molecule has 0 spiro atoms. The van der Waals surface area contributed by atoms with Crippen molar-refractivity contribution in [2.45, 2.75) is 25.3 Å². The molecule has 3 rings (SSSR count). The molecule has 0 heterocycles. The van der Waals surface area contributed by atoms with Crippen LogP contribution in [-0.2, 0) is 21.5 Å². The molecular weight excluding hydrogens is 322 g/mol. The van der Waals surface area contributed by atoms with Crippen LogP contribution in [0.3, 0.4) is 0 Å². The van der Waals surface area contributed by atoms with Crippen LogP contribution in [0.5, 0.6) is 0 Å². The van der Waals surface area contributed by atoms with Crippen LogP contribution in [-0.4, -0.2) is 19.1 Å². The van der Waals surface area contributed by atoms with Gasteiger partial charge in [-0.15, -0.1) is 12.4 Å². The predicted molar refractivity (Wildman–Crippen MR) is 98.3 cm³/mol. The number of esters is 1. The molecule has 1 unspecified atom stereocenters. The van der Waals surface area contributed by atoms with E-state index in [0.717, 1.165) is 25.1 Å². The number of halogens is 1. The fourth-order valence-corrected chi connectivity index (χ4v) is 3.28. The first-order chi connectivity index (χ1) is 11.3. The minimum atomic E-state index is -0.457. The van der Waals surface area contributed by atoms with Crippen molar-refractivity contribution in [3.05, 3.63) is 71.8 Å². The van der Waals surface area contributed by atoms with Crippen LogP contribution in [0.25, 0.3) is 0 Å². The largest absolute Gasteiger partial charge is 0.465 e. The fourth-order valence-electron chi connectivity index (χ4n) is 3.28. The smallest absolute Gasteiger partial charge is 0.316 e. The van der Waals surface area contributed by atoms with E-state index in [1.807, 2.05) is 55.5 Å². The molecule has 2 atom stereocenters. The topological polar surface area (TPSA) is 38.3 Å². The number of carbonyl (C=O) groups excluding carboxylic acids is 1. The van der Waals surface area contributed by atoms with E-state index in [9.17, 15) is 4.79 Å². The summed E-state index contributed by atoms with van der Waals surface area (Å²) in [5, 5.41) is 3.48.